The Labute approximate surface area is 85.9 Å². The summed E-state index contributed by atoms with van der Waals surface area (Å²) in [5, 5.41) is 0. The first-order chi connectivity index (χ1) is 6.86. The number of carbonyl (C=O) groups excluding carboxylic acids is 1. The number of hydrogen-bond donors (Lipinski definition) is 1. The summed E-state index contributed by atoms with van der Waals surface area (Å²) in [5.41, 5.74) is 4.78. The lowest BCUT2D eigenvalue weighted by atomic mass is 10.2. The lowest BCUT2D eigenvalue weighted by Crippen LogP contribution is -2.13. The maximum absolute atomic E-state index is 12.6. The van der Waals surface area contributed by atoms with E-state index in [-0.39, 0.29) is 11.3 Å². The van der Waals surface area contributed by atoms with Gasteiger partial charge in [-0.25, -0.2) is 0 Å². The molecule has 0 atom stereocenters. The average molecular weight is 233 g/mol. The second-order valence-electron chi connectivity index (χ2n) is 2.66. The Morgan fingerprint density at radius 3 is 2.47 bits per heavy atom. The van der Waals surface area contributed by atoms with Crippen LogP contribution < -0.4 is 10.5 Å². The Kier molecular flexibility index (Phi) is 2.94. The highest BCUT2D eigenvalue weighted by atomic mass is 32.3. The maximum Gasteiger partial charge on any atom is 0.332 e. The number of halogens is 1. The van der Waals surface area contributed by atoms with Gasteiger partial charge in [-0.2, -0.15) is 8.42 Å². The molecule has 15 heavy (non-hydrogen) atoms. The molecule has 0 spiro atoms. The molecule has 1 rings (SSSR count). The van der Waals surface area contributed by atoms with E-state index in [9.17, 15) is 17.1 Å². The van der Waals surface area contributed by atoms with Crippen LogP contribution in [0, 0.1) is 0 Å². The van der Waals surface area contributed by atoms with Crippen LogP contribution >= 0.6 is 0 Å². The van der Waals surface area contributed by atoms with Crippen LogP contribution in [0.25, 0.3) is 0 Å². The minimum atomic E-state index is -4.85. The number of primary amides is 1. The Morgan fingerprint density at radius 1 is 1.47 bits per heavy atom. The van der Waals surface area contributed by atoms with Gasteiger partial charge in [0.05, 0.1) is 17.6 Å². The zero-order chi connectivity index (χ0) is 11.6. The number of methoxy groups -OCH3 is 1. The number of benzene rings is 1. The SMILES string of the molecule is COc1ccc(S(=O)(=O)F)cc1C(N)=O. The fourth-order valence-electron chi connectivity index (χ4n) is 1.03. The number of hydrogen-bond acceptors (Lipinski definition) is 4. The van der Waals surface area contributed by atoms with Gasteiger partial charge in [-0.3, -0.25) is 4.79 Å². The van der Waals surface area contributed by atoms with Crippen LogP contribution in [0.3, 0.4) is 0 Å². The van der Waals surface area contributed by atoms with Crippen molar-refractivity contribution in [3.8, 4) is 5.75 Å². The standard InChI is InChI=1S/C8H8FNO4S/c1-14-7-3-2-5(15(9,12)13)4-6(7)8(10)11/h2-4H,1H3,(H2,10,11). The molecule has 1 aromatic rings. The van der Waals surface area contributed by atoms with Crippen LogP contribution in [0.1, 0.15) is 10.4 Å². The van der Waals surface area contributed by atoms with Crippen LogP contribution in [-0.4, -0.2) is 21.4 Å². The minimum Gasteiger partial charge on any atom is -0.496 e. The van der Waals surface area contributed by atoms with E-state index in [0.717, 1.165) is 18.2 Å². The fourth-order valence-corrected chi connectivity index (χ4v) is 1.52. The molecule has 7 heteroatoms. The highest BCUT2D eigenvalue weighted by Crippen LogP contribution is 2.22. The molecule has 0 saturated heterocycles. The topological polar surface area (TPSA) is 86.5 Å². The summed E-state index contributed by atoms with van der Waals surface area (Å²) in [5.74, 6) is -0.799. The molecule has 5 nitrogen and oxygen atoms in total. The van der Waals surface area contributed by atoms with Crippen LogP contribution in [0.4, 0.5) is 3.89 Å². The van der Waals surface area contributed by atoms with Crippen LogP contribution in [0.2, 0.25) is 0 Å². The number of ether oxygens (including phenoxy) is 1. The highest BCUT2D eigenvalue weighted by Gasteiger charge is 2.17. The van der Waals surface area contributed by atoms with Gasteiger partial charge in [-0.1, -0.05) is 0 Å². The molecule has 0 aliphatic carbocycles. The molecule has 0 bridgehead atoms. The Hall–Kier alpha value is -1.63. The summed E-state index contributed by atoms with van der Waals surface area (Å²) in [4.78, 5) is 10.3. The molecule has 1 amide bonds. The Bertz CT molecular complexity index is 497. The Balaban J connectivity index is 3.42. The third-order valence-electron chi connectivity index (χ3n) is 1.72. The highest BCUT2D eigenvalue weighted by molar-refractivity contribution is 7.86. The predicted octanol–water partition coefficient (Wildman–Crippen LogP) is 0.452. The summed E-state index contributed by atoms with van der Waals surface area (Å²) >= 11 is 0. The van der Waals surface area contributed by atoms with Crippen molar-refractivity contribution in [2.24, 2.45) is 5.73 Å². The van der Waals surface area contributed by atoms with Gasteiger partial charge in [0, 0.05) is 0 Å². The molecule has 82 valence electrons. The first-order valence-corrected chi connectivity index (χ1v) is 5.17. The first-order valence-electron chi connectivity index (χ1n) is 3.78. The average Bonchev–Trinajstić information content (AvgIpc) is 2.15. The van der Waals surface area contributed by atoms with Crippen molar-refractivity contribution in [2.45, 2.75) is 4.90 Å². The van der Waals surface area contributed by atoms with Gasteiger partial charge in [0.25, 0.3) is 5.91 Å². The lowest BCUT2D eigenvalue weighted by molar-refractivity contribution is 0.0997. The zero-order valence-electron chi connectivity index (χ0n) is 7.73. The Morgan fingerprint density at radius 2 is 2.07 bits per heavy atom. The van der Waals surface area contributed by atoms with Crippen molar-refractivity contribution < 1.29 is 21.8 Å². The van der Waals surface area contributed by atoms with Gasteiger partial charge in [0.15, 0.2) is 0 Å². The van der Waals surface area contributed by atoms with Crippen LogP contribution in [0.5, 0.6) is 5.75 Å². The van der Waals surface area contributed by atoms with Crippen molar-refractivity contribution in [2.75, 3.05) is 7.11 Å². The zero-order valence-corrected chi connectivity index (χ0v) is 8.55. The molecule has 0 fully saturated rings. The van der Waals surface area contributed by atoms with E-state index < -0.39 is 21.0 Å². The van der Waals surface area contributed by atoms with Gasteiger partial charge in [0.2, 0.25) is 0 Å². The quantitative estimate of drug-likeness (QED) is 0.768. The predicted molar refractivity (Wildman–Crippen MR) is 49.8 cm³/mol. The number of carbonyl (C=O) groups is 1. The van der Waals surface area contributed by atoms with E-state index in [1.807, 2.05) is 0 Å². The van der Waals surface area contributed by atoms with E-state index in [1.54, 1.807) is 0 Å². The molecular weight excluding hydrogens is 225 g/mol. The summed E-state index contributed by atoms with van der Waals surface area (Å²) in [6.45, 7) is 0. The first kappa shape index (κ1) is 11.4. The van der Waals surface area contributed by atoms with E-state index in [2.05, 4.69) is 0 Å². The van der Waals surface area contributed by atoms with Crippen molar-refractivity contribution in [1.82, 2.24) is 0 Å². The summed E-state index contributed by atoms with van der Waals surface area (Å²) < 4.78 is 38.4. The number of amides is 1. The van der Waals surface area contributed by atoms with Crippen molar-refractivity contribution >= 4 is 16.1 Å². The van der Waals surface area contributed by atoms with Crippen molar-refractivity contribution in [3.05, 3.63) is 23.8 Å². The van der Waals surface area contributed by atoms with Gasteiger partial charge >= 0.3 is 10.2 Å². The van der Waals surface area contributed by atoms with Crippen molar-refractivity contribution in [1.29, 1.82) is 0 Å². The lowest BCUT2D eigenvalue weighted by Gasteiger charge is -2.05. The third kappa shape index (κ3) is 2.44. The summed E-state index contributed by atoms with van der Waals surface area (Å²) in [6, 6.07) is 2.98. The summed E-state index contributed by atoms with van der Waals surface area (Å²) in [6.07, 6.45) is 0. The second-order valence-corrected chi connectivity index (χ2v) is 4.01. The van der Waals surface area contributed by atoms with Gasteiger partial charge in [-0.15, -0.1) is 3.89 Å². The third-order valence-corrected chi connectivity index (χ3v) is 2.53. The molecule has 2 N–H and O–H groups in total. The molecule has 0 aliphatic heterocycles. The smallest absolute Gasteiger partial charge is 0.332 e. The van der Waals surface area contributed by atoms with Gasteiger partial charge in [-0.05, 0) is 18.2 Å². The molecule has 0 heterocycles. The van der Waals surface area contributed by atoms with E-state index in [1.165, 1.54) is 7.11 Å². The van der Waals surface area contributed by atoms with Crippen LogP contribution in [0.15, 0.2) is 23.1 Å². The van der Waals surface area contributed by atoms with E-state index in [0.29, 0.717) is 0 Å². The van der Waals surface area contributed by atoms with Gasteiger partial charge in [0.1, 0.15) is 5.75 Å². The van der Waals surface area contributed by atoms with E-state index >= 15 is 0 Å². The molecule has 0 unspecified atom stereocenters. The number of nitrogens with two attached hydrogens (primary N) is 1. The minimum absolute atomic E-state index is 0.0925. The number of rotatable bonds is 3. The monoisotopic (exact) mass is 233 g/mol. The van der Waals surface area contributed by atoms with E-state index in [4.69, 9.17) is 10.5 Å². The van der Waals surface area contributed by atoms with Crippen LogP contribution in [-0.2, 0) is 10.2 Å². The second kappa shape index (κ2) is 3.85. The fraction of sp³-hybridized carbons (Fsp3) is 0.125. The molecule has 0 saturated carbocycles. The normalized spacial score (nSPS) is 11.1. The van der Waals surface area contributed by atoms with Crippen molar-refractivity contribution in [3.63, 3.8) is 0 Å². The molecule has 0 aromatic heterocycles. The van der Waals surface area contributed by atoms with Gasteiger partial charge < -0.3 is 10.5 Å². The molecule has 1 aromatic carbocycles. The molecule has 0 radical (unpaired) electrons. The summed E-state index contributed by atoms with van der Waals surface area (Å²) in [7, 11) is -3.56. The maximum atomic E-state index is 12.6. The largest absolute Gasteiger partial charge is 0.496 e. The molecular formula is C8H8FNO4S. The molecule has 0 aliphatic rings.